The summed E-state index contributed by atoms with van der Waals surface area (Å²) in [6, 6.07) is 30.0. The standard InChI is InChI=1S/C23H25F2N5O4S.C18H15F2N3O3S/c24-20(25)23-28-27-22(34-23)17-10-8-16(9-11-17)15-30(18-5-2-1-3-6-18)35(32,33)14-13-29-12-4-7-19(29)21(26)31;1-2-27(24,25)23(15-6-4-3-5-7-15)12-13-8-10-14(11-9-13)17-21-22-18(26-17)16(19)20/h1-3,5-6,8-11,19-20H,4,7,12-15H2,(H2,26,31);2-11,16H,1,12H2/t19-;/m1./s1. The molecule has 62 heavy (non-hydrogen) atoms. The van der Waals surface area contributed by atoms with Crippen LogP contribution in [0.1, 0.15) is 48.6 Å². The Morgan fingerprint density at radius 2 is 1.18 bits per heavy atom. The number of benzene rings is 4. The smallest absolute Gasteiger partial charge is 0.314 e. The van der Waals surface area contributed by atoms with E-state index in [4.69, 9.17) is 14.6 Å². The Morgan fingerprint density at radius 3 is 1.60 bits per heavy atom. The van der Waals surface area contributed by atoms with E-state index in [1.165, 1.54) is 8.61 Å². The summed E-state index contributed by atoms with van der Waals surface area (Å²) < 4.78 is 114. The zero-order valence-corrected chi connectivity index (χ0v) is 34.4. The van der Waals surface area contributed by atoms with Gasteiger partial charge in [0, 0.05) is 23.1 Å². The second-order valence-electron chi connectivity index (χ2n) is 13.7. The zero-order valence-electron chi connectivity index (χ0n) is 32.8. The van der Waals surface area contributed by atoms with E-state index in [1.807, 2.05) is 4.90 Å². The number of aromatic nitrogens is 4. The van der Waals surface area contributed by atoms with Crippen LogP contribution in [0.15, 0.2) is 130 Å². The topological polar surface area (TPSA) is 199 Å². The minimum Gasteiger partial charge on any atom is -0.415 e. The van der Waals surface area contributed by atoms with Crippen molar-refractivity contribution in [1.29, 1.82) is 0 Å². The van der Waals surface area contributed by atoms with E-state index in [0.717, 1.165) is 11.8 Å². The molecule has 0 aliphatic carbocycles. The van der Waals surface area contributed by atoms with Crippen LogP contribution in [0.4, 0.5) is 28.9 Å². The van der Waals surface area contributed by atoms with Crippen molar-refractivity contribution in [3.63, 3.8) is 0 Å². The van der Waals surface area contributed by atoms with E-state index >= 15 is 0 Å². The van der Waals surface area contributed by atoms with Gasteiger partial charge in [-0.1, -0.05) is 67.2 Å². The van der Waals surface area contributed by atoms with Gasteiger partial charge in [-0.15, -0.1) is 20.4 Å². The summed E-state index contributed by atoms with van der Waals surface area (Å²) in [6.07, 6.45) is -4.28. The highest BCUT2D eigenvalue weighted by Gasteiger charge is 2.31. The summed E-state index contributed by atoms with van der Waals surface area (Å²) >= 11 is 0. The van der Waals surface area contributed by atoms with E-state index in [2.05, 4.69) is 27.0 Å². The Kier molecular flexibility index (Phi) is 14.5. The van der Waals surface area contributed by atoms with Crippen molar-refractivity contribution < 1.29 is 48.0 Å². The number of carbonyl (C=O) groups is 1. The lowest BCUT2D eigenvalue weighted by atomic mass is 10.1. The number of alkyl halides is 4. The molecule has 1 amide bonds. The molecule has 0 bridgehead atoms. The molecule has 326 valence electrons. The first-order valence-corrected chi connectivity index (χ1v) is 22.0. The van der Waals surface area contributed by atoms with E-state index in [0.29, 0.717) is 46.6 Å². The molecule has 1 saturated heterocycles. The quantitative estimate of drug-likeness (QED) is 0.0912. The van der Waals surface area contributed by atoms with Gasteiger partial charge in [0.25, 0.3) is 21.8 Å². The number of nitrogens with two attached hydrogens (primary N) is 1. The number of rotatable bonds is 17. The fraction of sp³-hybridized carbons (Fsp3) is 0.244. The highest BCUT2D eigenvalue weighted by molar-refractivity contribution is 7.95. The average molecular weight is 897 g/mol. The summed E-state index contributed by atoms with van der Waals surface area (Å²) in [6.45, 7) is 4.32. The monoisotopic (exact) mass is 896 g/mol. The molecule has 7 rings (SSSR count). The number of likely N-dealkylation sites (tertiary alicyclic amines) is 1. The van der Waals surface area contributed by atoms with Gasteiger partial charge in [0.2, 0.25) is 27.7 Å². The van der Waals surface area contributed by atoms with Gasteiger partial charge >= 0.3 is 12.9 Å². The van der Waals surface area contributed by atoms with E-state index in [-0.39, 0.29) is 37.2 Å². The van der Waals surface area contributed by atoms with E-state index in [1.54, 1.807) is 109 Å². The molecule has 1 aliphatic rings. The van der Waals surface area contributed by atoms with Crippen LogP contribution in [0.2, 0.25) is 0 Å². The van der Waals surface area contributed by atoms with Gasteiger partial charge in [0.05, 0.1) is 36.3 Å². The fourth-order valence-electron chi connectivity index (χ4n) is 6.43. The van der Waals surface area contributed by atoms with Crippen molar-refractivity contribution in [3.8, 4) is 22.9 Å². The van der Waals surface area contributed by atoms with Crippen LogP contribution < -0.4 is 14.3 Å². The molecule has 1 fully saturated rings. The van der Waals surface area contributed by atoms with Gasteiger partial charge in [-0.05, 0) is 79.0 Å². The van der Waals surface area contributed by atoms with Crippen molar-refractivity contribution in [2.75, 3.05) is 27.5 Å². The molecule has 1 aliphatic heterocycles. The van der Waals surface area contributed by atoms with E-state index < -0.39 is 56.6 Å². The molecule has 15 nitrogen and oxygen atoms in total. The van der Waals surface area contributed by atoms with Crippen LogP contribution in [0.5, 0.6) is 0 Å². The first kappa shape index (κ1) is 45.1. The van der Waals surface area contributed by atoms with E-state index in [9.17, 15) is 39.2 Å². The second-order valence-corrected chi connectivity index (χ2v) is 17.5. The minimum atomic E-state index is -3.76. The van der Waals surface area contributed by atoms with Gasteiger partial charge in [0.15, 0.2) is 0 Å². The van der Waals surface area contributed by atoms with Gasteiger partial charge in [-0.2, -0.15) is 17.6 Å². The molecular formula is C41H40F4N8O7S2. The number of hydrogen-bond donors (Lipinski definition) is 1. The number of halogens is 4. The molecule has 0 unspecified atom stereocenters. The number of primary amides is 1. The predicted octanol–water partition coefficient (Wildman–Crippen LogP) is 7.11. The van der Waals surface area contributed by atoms with Crippen LogP contribution in [-0.2, 0) is 37.9 Å². The lowest BCUT2D eigenvalue weighted by molar-refractivity contribution is -0.122. The molecule has 2 aromatic heterocycles. The maximum atomic E-state index is 13.4. The summed E-state index contributed by atoms with van der Waals surface area (Å²) in [7, 11) is -7.47. The van der Waals surface area contributed by atoms with Crippen LogP contribution in [0.25, 0.3) is 22.9 Å². The molecule has 4 aromatic carbocycles. The Morgan fingerprint density at radius 1 is 0.726 bits per heavy atom. The molecule has 21 heteroatoms. The number of nitrogens with zero attached hydrogens (tertiary/aromatic N) is 7. The Bertz CT molecular complexity index is 2640. The highest BCUT2D eigenvalue weighted by atomic mass is 32.2. The lowest BCUT2D eigenvalue weighted by Gasteiger charge is -2.27. The van der Waals surface area contributed by atoms with Crippen LogP contribution >= 0.6 is 0 Å². The molecule has 1 atom stereocenters. The van der Waals surface area contributed by atoms with Gasteiger partial charge in [-0.3, -0.25) is 18.3 Å². The maximum absolute atomic E-state index is 13.4. The predicted molar refractivity (Wildman–Crippen MR) is 221 cm³/mol. The number of carbonyl (C=O) groups excluding carboxylic acids is 1. The summed E-state index contributed by atoms with van der Waals surface area (Å²) in [5.74, 6) is -2.21. The molecule has 6 aromatic rings. The average Bonchev–Trinajstić information content (AvgIpc) is 4.08. The number of amides is 1. The lowest BCUT2D eigenvalue weighted by Crippen LogP contribution is -2.44. The van der Waals surface area contributed by atoms with Crippen LogP contribution in [-0.4, -0.2) is 72.9 Å². The fourth-order valence-corrected chi connectivity index (χ4v) is 8.83. The largest absolute Gasteiger partial charge is 0.415 e. The van der Waals surface area contributed by atoms with Gasteiger partial charge < -0.3 is 14.6 Å². The molecule has 0 radical (unpaired) electrons. The van der Waals surface area contributed by atoms with Crippen molar-refractivity contribution in [2.45, 2.75) is 44.8 Å². The molecule has 0 saturated carbocycles. The molecule has 2 N–H and O–H groups in total. The van der Waals surface area contributed by atoms with Crippen molar-refractivity contribution in [3.05, 3.63) is 144 Å². The Balaban J connectivity index is 0.000000214. The third-order valence-electron chi connectivity index (χ3n) is 9.58. The summed E-state index contributed by atoms with van der Waals surface area (Å²) in [4.78, 5) is 13.5. The minimum absolute atomic E-state index is 0.0320. The van der Waals surface area contributed by atoms with Crippen LogP contribution in [0.3, 0.4) is 0 Å². The van der Waals surface area contributed by atoms with Gasteiger partial charge in [0.1, 0.15) is 0 Å². The normalized spacial score (nSPS) is 14.4. The Labute approximate surface area is 354 Å². The SMILES string of the molecule is C=CS(=O)(=O)N(Cc1ccc(-c2nnc(C(F)F)o2)cc1)c1ccccc1.NC(=O)[C@H]1CCCN1CCS(=O)(=O)N(Cc1ccc(-c2nnc(C(F)F)o2)cc1)c1ccccc1. The Hall–Kier alpha value is -6.45. The summed E-state index contributed by atoms with van der Waals surface area (Å²) in [5, 5.41) is 14.7. The first-order valence-electron chi connectivity index (χ1n) is 18.9. The number of para-hydroxylation sites is 2. The third kappa shape index (κ3) is 11.3. The zero-order chi connectivity index (χ0) is 44.4. The third-order valence-corrected chi connectivity index (χ3v) is 12.7. The van der Waals surface area contributed by atoms with Gasteiger partial charge in [-0.25, -0.2) is 16.8 Å². The summed E-state index contributed by atoms with van der Waals surface area (Å²) in [5.41, 5.74) is 8.71. The van der Waals surface area contributed by atoms with Crippen molar-refractivity contribution in [1.82, 2.24) is 25.3 Å². The van der Waals surface area contributed by atoms with Crippen LogP contribution in [0, 0.1) is 0 Å². The second kappa shape index (κ2) is 19.9. The highest BCUT2D eigenvalue weighted by Crippen LogP contribution is 2.28. The van der Waals surface area contributed by atoms with Crippen molar-refractivity contribution in [2.24, 2.45) is 5.73 Å². The molecule has 0 spiro atoms. The first-order chi connectivity index (χ1) is 29.6. The number of hydrogen-bond acceptors (Lipinski definition) is 12. The number of anilines is 2. The molecular weight excluding hydrogens is 857 g/mol. The maximum Gasteiger partial charge on any atom is 0.314 e. The molecule has 3 heterocycles. The number of sulfonamides is 2. The van der Waals surface area contributed by atoms with Crippen molar-refractivity contribution >= 4 is 37.3 Å².